The highest BCUT2D eigenvalue weighted by atomic mass is 16.5. The number of aliphatic hydroxyl groups excluding tert-OH is 1. The molecule has 0 spiro atoms. The van der Waals surface area contributed by atoms with Gasteiger partial charge in [0.15, 0.2) is 6.10 Å². The van der Waals surface area contributed by atoms with Crippen LogP contribution in [0.4, 0.5) is 4.79 Å². The molecule has 3 rings (SSSR count). The van der Waals surface area contributed by atoms with Crippen LogP contribution in [0.2, 0.25) is 0 Å². The maximum Gasteiger partial charge on any atom is 0.407 e. The molecule has 0 aromatic heterocycles. The number of nitrogens with one attached hydrogen (secondary N) is 2. The van der Waals surface area contributed by atoms with Crippen LogP contribution in [-0.2, 0) is 14.3 Å². The molecule has 0 fully saturated rings. The maximum atomic E-state index is 12.4. The summed E-state index contributed by atoms with van der Waals surface area (Å²) in [5, 5.41) is 23.0. The summed E-state index contributed by atoms with van der Waals surface area (Å²) < 4.78 is 5.54. The Morgan fingerprint density at radius 1 is 1.03 bits per heavy atom. The number of alkyl carbamates (subject to hydrolysis) is 1. The highest BCUT2D eigenvalue weighted by Gasteiger charge is 2.30. The van der Waals surface area contributed by atoms with Gasteiger partial charge in [0.25, 0.3) is 0 Å². The molecule has 0 aliphatic heterocycles. The third-order valence-electron chi connectivity index (χ3n) is 5.54. The fraction of sp³-hybridized carbons (Fsp3) is 0.375. The Balaban J connectivity index is 1.50. The first-order valence-corrected chi connectivity index (χ1v) is 10.5. The summed E-state index contributed by atoms with van der Waals surface area (Å²) >= 11 is 0. The van der Waals surface area contributed by atoms with Crippen molar-refractivity contribution < 1.29 is 29.3 Å². The number of carboxylic acids is 1. The number of amides is 2. The largest absolute Gasteiger partial charge is 0.479 e. The molecule has 170 valence electrons. The molecule has 0 bridgehead atoms. The van der Waals surface area contributed by atoms with Crippen molar-refractivity contribution in [3.05, 3.63) is 59.7 Å². The summed E-state index contributed by atoms with van der Waals surface area (Å²) in [6.07, 6.45) is -1.85. The molecule has 0 saturated heterocycles. The minimum atomic E-state index is -1.65. The highest BCUT2D eigenvalue weighted by molar-refractivity contribution is 5.79. The zero-order valence-corrected chi connectivity index (χ0v) is 18.1. The molecule has 32 heavy (non-hydrogen) atoms. The zero-order valence-electron chi connectivity index (χ0n) is 18.1. The van der Waals surface area contributed by atoms with Crippen molar-refractivity contribution in [2.75, 3.05) is 13.2 Å². The van der Waals surface area contributed by atoms with E-state index in [1.54, 1.807) is 13.8 Å². The molecule has 1 aliphatic carbocycles. The summed E-state index contributed by atoms with van der Waals surface area (Å²) in [7, 11) is 0. The van der Waals surface area contributed by atoms with Gasteiger partial charge in [0.1, 0.15) is 6.61 Å². The Hall–Kier alpha value is -3.39. The second-order valence-electron chi connectivity index (χ2n) is 8.49. The summed E-state index contributed by atoms with van der Waals surface area (Å²) in [5.41, 5.74) is 3.83. The molecule has 2 aromatic rings. The van der Waals surface area contributed by atoms with Crippen molar-refractivity contribution in [1.29, 1.82) is 0 Å². The lowest BCUT2D eigenvalue weighted by molar-refractivity contribution is -0.146. The lowest BCUT2D eigenvalue weighted by Crippen LogP contribution is -2.45. The molecule has 4 N–H and O–H groups in total. The van der Waals surface area contributed by atoms with Crippen molar-refractivity contribution >= 4 is 18.0 Å². The number of aliphatic carboxylic acids is 1. The average Bonchev–Trinajstić information content (AvgIpc) is 3.08. The number of hydrogen-bond acceptors (Lipinski definition) is 5. The molecule has 1 atom stereocenters. The number of hydrogen-bond donors (Lipinski definition) is 4. The zero-order chi connectivity index (χ0) is 23.3. The minimum absolute atomic E-state index is 0.0392. The summed E-state index contributed by atoms with van der Waals surface area (Å²) in [6.45, 7) is 3.37. The number of benzene rings is 2. The molecule has 0 unspecified atom stereocenters. The molecule has 1 aliphatic rings. The van der Waals surface area contributed by atoms with Gasteiger partial charge in [-0.05, 0) is 42.5 Å². The number of carbonyl (C=O) groups is 3. The molecule has 2 amide bonds. The minimum Gasteiger partial charge on any atom is -0.479 e. The fourth-order valence-electron chi connectivity index (χ4n) is 3.79. The number of carbonyl (C=O) groups excluding carboxylic acids is 2. The number of ether oxygens (including phenoxy) is 1. The quantitative estimate of drug-likeness (QED) is 0.475. The monoisotopic (exact) mass is 440 g/mol. The molecule has 2 aromatic carbocycles. The van der Waals surface area contributed by atoms with E-state index in [1.807, 2.05) is 36.4 Å². The van der Waals surface area contributed by atoms with Gasteiger partial charge in [-0.3, -0.25) is 4.79 Å². The lowest BCUT2D eigenvalue weighted by atomic mass is 9.98. The molecule has 0 heterocycles. The van der Waals surface area contributed by atoms with E-state index in [0.717, 1.165) is 22.3 Å². The molecule has 0 saturated carbocycles. The molecule has 8 nitrogen and oxygen atoms in total. The smallest absolute Gasteiger partial charge is 0.407 e. The van der Waals surface area contributed by atoms with Gasteiger partial charge in [0.2, 0.25) is 5.91 Å². The van der Waals surface area contributed by atoms with Crippen LogP contribution < -0.4 is 10.6 Å². The van der Waals surface area contributed by atoms with E-state index < -0.39 is 29.6 Å². The summed E-state index contributed by atoms with van der Waals surface area (Å²) in [5.74, 6) is -1.85. The van der Waals surface area contributed by atoms with Gasteiger partial charge in [0.05, 0.1) is 6.54 Å². The van der Waals surface area contributed by atoms with Crippen LogP contribution in [-0.4, -0.2) is 53.0 Å². The normalized spacial score (nSPS) is 13.6. The number of aliphatic hydroxyl groups is 1. The van der Waals surface area contributed by atoms with Gasteiger partial charge in [-0.15, -0.1) is 0 Å². The maximum absolute atomic E-state index is 12.4. The van der Waals surface area contributed by atoms with E-state index >= 15 is 0 Å². The van der Waals surface area contributed by atoms with Crippen LogP contribution in [0.15, 0.2) is 48.5 Å². The van der Waals surface area contributed by atoms with Gasteiger partial charge in [-0.2, -0.15) is 0 Å². The Morgan fingerprint density at radius 3 is 2.16 bits per heavy atom. The van der Waals surface area contributed by atoms with E-state index in [4.69, 9.17) is 9.84 Å². The molecular weight excluding hydrogens is 412 g/mol. The van der Waals surface area contributed by atoms with E-state index in [1.165, 1.54) is 0 Å². The van der Waals surface area contributed by atoms with Gasteiger partial charge >= 0.3 is 12.1 Å². The number of rotatable bonds is 9. The lowest BCUT2D eigenvalue weighted by Gasteiger charge is -2.26. The molecule has 8 heteroatoms. The van der Waals surface area contributed by atoms with Crippen LogP contribution in [0.3, 0.4) is 0 Å². The Bertz CT molecular complexity index is 958. The Labute approximate surface area is 186 Å². The van der Waals surface area contributed by atoms with Crippen LogP contribution in [0, 0.1) is 0 Å². The van der Waals surface area contributed by atoms with Crippen LogP contribution in [0.1, 0.15) is 43.7 Å². The fourth-order valence-corrected chi connectivity index (χ4v) is 3.79. The first kappa shape index (κ1) is 23.3. The SMILES string of the molecule is CC(C)(CCC(=O)NC[C@H](O)C(=O)O)NC(=O)OCC1c2ccccc2-c2ccccc21. The molecular formula is C24H28N2O6. The van der Waals surface area contributed by atoms with Gasteiger partial charge in [0, 0.05) is 17.9 Å². The van der Waals surface area contributed by atoms with Crippen LogP contribution in [0.5, 0.6) is 0 Å². The van der Waals surface area contributed by atoms with Gasteiger partial charge < -0.3 is 25.6 Å². The van der Waals surface area contributed by atoms with E-state index in [2.05, 4.69) is 22.8 Å². The van der Waals surface area contributed by atoms with Gasteiger partial charge in [-0.1, -0.05) is 48.5 Å². The average molecular weight is 440 g/mol. The Morgan fingerprint density at radius 2 is 1.59 bits per heavy atom. The van der Waals surface area contributed by atoms with Crippen molar-refractivity contribution in [2.24, 2.45) is 0 Å². The van der Waals surface area contributed by atoms with Gasteiger partial charge in [-0.25, -0.2) is 9.59 Å². The second-order valence-corrected chi connectivity index (χ2v) is 8.49. The standard InChI is InChI=1S/C24H28N2O6/c1-24(2,12-11-21(28)25-13-20(27)22(29)30)26-23(31)32-14-19-17-9-5-3-7-15(17)16-8-4-6-10-18(16)19/h3-10,19-20,27H,11-14H2,1-2H3,(H,25,28)(H,26,31)(H,29,30)/t20-/m0/s1. The second kappa shape index (κ2) is 9.82. The third kappa shape index (κ3) is 5.64. The summed E-state index contributed by atoms with van der Waals surface area (Å²) in [6, 6.07) is 16.2. The van der Waals surface area contributed by atoms with E-state index in [0.29, 0.717) is 6.42 Å². The topological polar surface area (TPSA) is 125 Å². The Kier molecular flexibility index (Phi) is 7.15. The third-order valence-corrected chi connectivity index (χ3v) is 5.54. The first-order valence-electron chi connectivity index (χ1n) is 10.5. The van der Waals surface area contributed by atoms with Crippen molar-refractivity contribution in [3.8, 4) is 11.1 Å². The summed E-state index contributed by atoms with van der Waals surface area (Å²) in [4.78, 5) is 34.9. The van der Waals surface area contributed by atoms with Crippen molar-refractivity contribution in [1.82, 2.24) is 10.6 Å². The first-order chi connectivity index (χ1) is 15.2. The predicted molar refractivity (Wildman–Crippen MR) is 118 cm³/mol. The van der Waals surface area contributed by atoms with E-state index in [9.17, 15) is 19.5 Å². The van der Waals surface area contributed by atoms with Crippen LogP contribution in [0.25, 0.3) is 11.1 Å². The van der Waals surface area contributed by atoms with Crippen molar-refractivity contribution in [2.45, 2.75) is 44.2 Å². The molecule has 0 radical (unpaired) electrons. The van der Waals surface area contributed by atoms with E-state index in [-0.39, 0.29) is 25.5 Å². The highest BCUT2D eigenvalue weighted by Crippen LogP contribution is 2.44. The predicted octanol–water partition coefficient (Wildman–Crippen LogP) is 2.65. The number of fused-ring (bicyclic) bond motifs is 3. The van der Waals surface area contributed by atoms with Crippen molar-refractivity contribution in [3.63, 3.8) is 0 Å². The van der Waals surface area contributed by atoms with Crippen LogP contribution >= 0.6 is 0 Å². The number of carboxylic acid groups (broad SMARTS) is 1.